The van der Waals surface area contributed by atoms with E-state index in [1.54, 1.807) is 24.4 Å². The van der Waals surface area contributed by atoms with Gasteiger partial charge in [0.25, 0.3) is 5.91 Å². The first-order chi connectivity index (χ1) is 8.58. The van der Waals surface area contributed by atoms with Crippen LogP contribution in [0.5, 0.6) is 0 Å². The molecular formula is C12H7Br2FN2O. The molecule has 0 fully saturated rings. The Morgan fingerprint density at radius 1 is 1.28 bits per heavy atom. The Hall–Kier alpha value is -1.27. The zero-order chi connectivity index (χ0) is 13.1. The van der Waals surface area contributed by atoms with Crippen LogP contribution in [0.15, 0.2) is 45.6 Å². The Kier molecular flexibility index (Phi) is 4.08. The average molecular weight is 374 g/mol. The molecule has 0 spiro atoms. The minimum atomic E-state index is -0.494. The van der Waals surface area contributed by atoms with Crippen LogP contribution in [-0.4, -0.2) is 10.9 Å². The average Bonchev–Trinajstić information content (AvgIpc) is 2.34. The number of anilines is 1. The molecule has 1 heterocycles. The van der Waals surface area contributed by atoms with Crippen LogP contribution in [0.4, 0.5) is 10.1 Å². The van der Waals surface area contributed by atoms with Gasteiger partial charge < -0.3 is 5.32 Å². The lowest BCUT2D eigenvalue weighted by atomic mass is 10.2. The summed E-state index contributed by atoms with van der Waals surface area (Å²) in [5.41, 5.74) is 0.460. The van der Waals surface area contributed by atoms with Gasteiger partial charge in [0, 0.05) is 10.7 Å². The molecule has 3 nitrogen and oxygen atoms in total. The molecule has 18 heavy (non-hydrogen) atoms. The molecule has 2 aromatic rings. The first-order valence-corrected chi connectivity index (χ1v) is 6.53. The predicted octanol–water partition coefficient (Wildman–Crippen LogP) is 4.00. The monoisotopic (exact) mass is 372 g/mol. The summed E-state index contributed by atoms with van der Waals surface area (Å²) in [5, 5.41) is 2.49. The van der Waals surface area contributed by atoms with E-state index in [9.17, 15) is 9.18 Å². The lowest BCUT2D eigenvalue weighted by Gasteiger charge is -2.07. The number of rotatable bonds is 2. The van der Waals surface area contributed by atoms with E-state index in [-0.39, 0.29) is 5.69 Å². The Balaban J connectivity index is 2.27. The molecule has 1 N–H and O–H groups in total. The summed E-state index contributed by atoms with van der Waals surface area (Å²) in [5.74, 6) is -0.918. The maximum atomic E-state index is 13.5. The lowest BCUT2D eigenvalue weighted by Crippen LogP contribution is -2.14. The van der Waals surface area contributed by atoms with Gasteiger partial charge >= 0.3 is 0 Å². The number of pyridine rings is 1. The van der Waals surface area contributed by atoms with Crippen LogP contribution >= 0.6 is 31.9 Å². The molecular weight excluding hydrogens is 367 g/mol. The second-order valence-corrected chi connectivity index (χ2v) is 5.09. The third-order valence-corrected chi connectivity index (χ3v) is 3.31. The second kappa shape index (κ2) is 5.58. The maximum Gasteiger partial charge on any atom is 0.258 e. The normalized spacial score (nSPS) is 10.2. The highest BCUT2D eigenvalue weighted by Crippen LogP contribution is 2.21. The lowest BCUT2D eigenvalue weighted by molar-refractivity contribution is 0.102. The SMILES string of the molecule is O=C(Nc1cc(Br)ccc1F)c1cccnc1Br. The number of carbonyl (C=O) groups is 1. The van der Waals surface area contributed by atoms with Gasteiger partial charge in [-0.05, 0) is 46.3 Å². The molecule has 0 unspecified atom stereocenters. The molecule has 6 heteroatoms. The topological polar surface area (TPSA) is 42.0 Å². The highest BCUT2D eigenvalue weighted by Gasteiger charge is 2.12. The van der Waals surface area contributed by atoms with Crippen molar-refractivity contribution in [2.24, 2.45) is 0 Å². The van der Waals surface area contributed by atoms with E-state index in [0.717, 1.165) is 0 Å². The van der Waals surface area contributed by atoms with Gasteiger partial charge in [0.1, 0.15) is 10.4 Å². The molecule has 1 aromatic carbocycles. The van der Waals surface area contributed by atoms with Gasteiger partial charge in [-0.1, -0.05) is 15.9 Å². The largest absolute Gasteiger partial charge is 0.319 e. The van der Waals surface area contributed by atoms with E-state index < -0.39 is 11.7 Å². The van der Waals surface area contributed by atoms with E-state index >= 15 is 0 Å². The summed E-state index contributed by atoms with van der Waals surface area (Å²) in [4.78, 5) is 15.9. The van der Waals surface area contributed by atoms with Crippen molar-refractivity contribution in [1.29, 1.82) is 0 Å². The molecule has 1 aromatic heterocycles. The Labute approximate surface area is 120 Å². The number of nitrogens with zero attached hydrogens (tertiary/aromatic N) is 1. The van der Waals surface area contributed by atoms with Gasteiger partial charge in [-0.25, -0.2) is 9.37 Å². The molecule has 0 aliphatic rings. The van der Waals surface area contributed by atoms with Gasteiger partial charge in [0.15, 0.2) is 0 Å². The van der Waals surface area contributed by atoms with Crippen LogP contribution in [0, 0.1) is 5.82 Å². The van der Waals surface area contributed by atoms with Crippen LogP contribution in [0.1, 0.15) is 10.4 Å². The van der Waals surface area contributed by atoms with Crippen molar-refractivity contribution in [3.05, 3.63) is 57.0 Å². The quantitative estimate of drug-likeness (QED) is 0.808. The fourth-order valence-corrected chi connectivity index (χ4v) is 2.13. The first-order valence-electron chi connectivity index (χ1n) is 4.95. The second-order valence-electron chi connectivity index (χ2n) is 3.42. The molecule has 0 atom stereocenters. The minimum absolute atomic E-state index is 0.116. The van der Waals surface area contributed by atoms with E-state index in [4.69, 9.17) is 0 Å². The Morgan fingerprint density at radius 3 is 2.78 bits per heavy atom. The number of halogens is 3. The van der Waals surface area contributed by atoms with Crippen molar-refractivity contribution in [2.45, 2.75) is 0 Å². The summed E-state index contributed by atoms with van der Waals surface area (Å²) in [6, 6.07) is 7.57. The van der Waals surface area contributed by atoms with Crippen molar-refractivity contribution in [1.82, 2.24) is 4.98 Å². The summed E-state index contributed by atoms with van der Waals surface area (Å²) in [6.07, 6.45) is 1.56. The highest BCUT2D eigenvalue weighted by atomic mass is 79.9. The third-order valence-electron chi connectivity index (χ3n) is 2.18. The Bertz CT molecular complexity index is 604. The van der Waals surface area contributed by atoms with Gasteiger partial charge in [-0.2, -0.15) is 0 Å². The van der Waals surface area contributed by atoms with Gasteiger partial charge in [-0.3, -0.25) is 4.79 Å². The number of benzene rings is 1. The summed E-state index contributed by atoms with van der Waals surface area (Å²) in [6.45, 7) is 0. The van der Waals surface area contributed by atoms with Crippen molar-refractivity contribution < 1.29 is 9.18 Å². The molecule has 0 radical (unpaired) electrons. The molecule has 1 amide bonds. The molecule has 0 aliphatic carbocycles. The minimum Gasteiger partial charge on any atom is -0.319 e. The zero-order valence-electron chi connectivity index (χ0n) is 8.95. The smallest absolute Gasteiger partial charge is 0.258 e. The fraction of sp³-hybridized carbons (Fsp3) is 0. The molecule has 92 valence electrons. The highest BCUT2D eigenvalue weighted by molar-refractivity contribution is 9.10. The summed E-state index contributed by atoms with van der Waals surface area (Å²) >= 11 is 6.39. The number of aromatic nitrogens is 1. The zero-order valence-corrected chi connectivity index (χ0v) is 12.1. The van der Waals surface area contributed by atoms with Crippen molar-refractivity contribution in [2.75, 3.05) is 5.32 Å². The first kappa shape index (κ1) is 13.2. The number of hydrogen-bond donors (Lipinski definition) is 1. The number of amides is 1. The third kappa shape index (κ3) is 2.94. The molecule has 0 saturated heterocycles. The number of hydrogen-bond acceptors (Lipinski definition) is 2. The van der Waals surface area contributed by atoms with Gasteiger partial charge in [0.05, 0.1) is 11.3 Å². The van der Waals surface area contributed by atoms with E-state index in [2.05, 4.69) is 42.2 Å². The molecule has 0 aliphatic heterocycles. The molecule has 0 saturated carbocycles. The standard InChI is InChI=1S/C12H7Br2FN2O/c13-7-3-4-9(15)10(6-7)17-12(18)8-2-1-5-16-11(8)14/h1-6H,(H,17,18). The van der Waals surface area contributed by atoms with E-state index in [1.165, 1.54) is 12.1 Å². The Morgan fingerprint density at radius 2 is 2.06 bits per heavy atom. The number of carbonyl (C=O) groups excluding carboxylic acids is 1. The fourth-order valence-electron chi connectivity index (χ4n) is 1.34. The maximum absolute atomic E-state index is 13.5. The van der Waals surface area contributed by atoms with Crippen LogP contribution < -0.4 is 5.32 Å². The van der Waals surface area contributed by atoms with Crippen molar-refractivity contribution in [3.8, 4) is 0 Å². The summed E-state index contributed by atoms with van der Waals surface area (Å²) in [7, 11) is 0. The number of nitrogens with one attached hydrogen (secondary N) is 1. The molecule has 2 rings (SSSR count). The van der Waals surface area contributed by atoms with E-state index in [1.807, 2.05) is 0 Å². The van der Waals surface area contributed by atoms with Gasteiger partial charge in [-0.15, -0.1) is 0 Å². The van der Waals surface area contributed by atoms with Crippen LogP contribution in [0.3, 0.4) is 0 Å². The van der Waals surface area contributed by atoms with Gasteiger partial charge in [0.2, 0.25) is 0 Å². The van der Waals surface area contributed by atoms with E-state index in [0.29, 0.717) is 14.6 Å². The van der Waals surface area contributed by atoms with Crippen LogP contribution in [0.25, 0.3) is 0 Å². The van der Waals surface area contributed by atoms with Crippen molar-refractivity contribution in [3.63, 3.8) is 0 Å². The molecule has 0 bridgehead atoms. The summed E-state index contributed by atoms with van der Waals surface area (Å²) < 4.78 is 14.6. The van der Waals surface area contributed by atoms with Crippen LogP contribution in [0.2, 0.25) is 0 Å². The van der Waals surface area contributed by atoms with Crippen molar-refractivity contribution >= 4 is 43.5 Å². The predicted molar refractivity (Wildman–Crippen MR) is 74.0 cm³/mol. The van der Waals surface area contributed by atoms with Crippen LogP contribution in [-0.2, 0) is 0 Å².